The van der Waals surface area contributed by atoms with Crippen molar-refractivity contribution in [1.82, 2.24) is 10.6 Å². The van der Waals surface area contributed by atoms with Crippen molar-refractivity contribution in [2.75, 3.05) is 13.1 Å². The highest BCUT2D eigenvalue weighted by atomic mass is 16.2. The Balaban J connectivity index is 1.28. The standard InChI is InChI=1S/C20H30N2O2/c23-19(11-15-3-1-4-15)21-13-17-7-9-18(10-8-17)14-22-20(24)12-16-5-2-6-16/h11-12,17-18H,1-10,13-14H2,(H,21,23)(H,22,24). The molecule has 3 fully saturated rings. The molecule has 4 heteroatoms. The second-order valence-electron chi connectivity index (χ2n) is 7.69. The minimum atomic E-state index is 0.0862. The van der Waals surface area contributed by atoms with E-state index in [0.717, 1.165) is 64.5 Å². The number of amides is 2. The third-order valence-corrected chi connectivity index (χ3v) is 5.76. The number of carbonyl (C=O) groups excluding carboxylic acids is 2. The second kappa shape index (κ2) is 8.50. The maximum atomic E-state index is 11.8. The predicted octanol–water partition coefficient (Wildman–Crippen LogP) is 3.25. The van der Waals surface area contributed by atoms with E-state index < -0.39 is 0 Å². The monoisotopic (exact) mass is 330 g/mol. The summed E-state index contributed by atoms with van der Waals surface area (Å²) < 4.78 is 0. The third kappa shape index (κ3) is 5.22. The van der Waals surface area contributed by atoms with Crippen molar-refractivity contribution in [3.63, 3.8) is 0 Å². The van der Waals surface area contributed by atoms with Gasteiger partial charge in [0.05, 0.1) is 0 Å². The largest absolute Gasteiger partial charge is 0.352 e. The molecule has 0 aromatic heterocycles. The van der Waals surface area contributed by atoms with Crippen LogP contribution in [0, 0.1) is 11.8 Å². The van der Waals surface area contributed by atoms with Crippen LogP contribution in [0.2, 0.25) is 0 Å². The summed E-state index contributed by atoms with van der Waals surface area (Å²) in [6.07, 6.45) is 15.0. The molecule has 0 aromatic carbocycles. The van der Waals surface area contributed by atoms with Gasteiger partial charge in [-0.05, 0) is 76.0 Å². The zero-order valence-corrected chi connectivity index (χ0v) is 14.6. The Kier molecular flexibility index (Phi) is 6.11. The zero-order chi connectivity index (χ0) is 16.8. The van der Waals surface area contributed by atoms with Gasteiger partial charge in [0, 0.05) is 25.2 Å². The van der Waals surface area contributed by atoms with Crippen molar-refractivity contribution in [1.29, 1.82) is 0 Å². The van der Waals surface area contributed by atoms with Gasteiger partial charge in [-0.1, -0.05) is 11.1 Å². The Labute approximate surface area is 145 Å². The van der Waals surface area contributed by atoms with E-state index >= 15 is 0 Å². The Morgan fingerprint density at radius 1 is 0.750 bits per heavy atom. The lowest BCUT2D eigenvalue weighted by atomic mass is 9.82. The summed E-state index contributed by atoms with van der Waals surface area (Å²) in [6, 6.07) is 0. The fourth-order valence-electron chi connectivity index (χ4n) is 3.65. The molecule has 0 aliphatic heterocycles. The first-order valence-electron chi connectivity index (χ1n) is 9.63. The first kappa shape index (κ1) is 17.2. The number of hydrogen-bond donors (Lipinski definition) is 2. The predicted molar refractivity (Wildman–Crippen MR) is 95.3 cm³/mol. The molecule has 2 amide bonds. The molecule has 0 atom stereocenters. The van der Waals surface area contributed by atoms with Crippen LogP contribution in [0.4, 0.5) is 0 Å². The van der Waals surface area contributed by atoms with Gasteiger partial charge in [0.1, 0.15) is 0 Å². The van der Waals surface area contributed by atoms with E-state index in [-0.39, 0.29) is 11.8 Å². The average Bonchev–Trinajstić information content (AvgIpc) is 2.51. The Hall–Kier alpha value is -1.58. The van der Waals surface area contributed by atoms with Crippen LogP contribution in [0.15, 0.2) is 23.3 Å². The summed E-state index contributed by atoms with van der Waals surface area (Å²) in [4.78, 5) is 23.6. The van der Waals surface area contributed by atoms with Crippen LogP contribution in [-0.4, -0.2) is 24.9 Å². The molecule has 0 bridgehead atoms. The third-order valence-electron chi connectivity index (χ3n) is 5.76. The molecule has 3 aliphatic carbocycles. The van der Waals surface area contributed by atoms with Gasteiger partial charge in [-0.15, -0.1) is 0 Å². The van der Waals surface area contributed by atoms with E-state index in [9.17, 15) is 9.59 Å². The van der Waals surface area contributed by atoms with E-state index in [1.54, 1.807) is 12.2 Å². The molecule has 4 nitrogen and oxygen atoms in total. The summed E-state index contributed by atoms with van der Waals surface area (Å²) in [5.41, 5.74) is 2.59. The van der Waals surface area contributed by atoms with Crippen molar-refractivity contribution in [2.45, 2.75) is 64.2 Å². The number of carbonyl (C=O) groups is 2. The van der Waals surface area contributed by atoms with Gasteiger partial charge in [0.15, 0.2) is 0 Å². The first-order chi connectivity index (χ1) is 11.7. The minimum Gasteiger partial charge on any atom is -0.352 e. The van der Waals surface area contributed by atoms with Crippen molar-refractivity contribution >= 4 is 11.8 Å². The van der Waals surface area contributed by atoms with E-state index in [0.29, 0.717) is 11.8 Å². The molecular formula is C20H30N2O2. The molecule has 0 saturated heterocycles. The maximum Gasteiger partial charge on any atom is 0.243 e. The lowest BCUT2D eigenvalue weighted by molar-refractivity contribution is -0.117. The number of rotatable bonds is 6. The molecular weight excluding hydrogens is 300 g/mol. The van der Waals surface area contributed by atoms with Crippen LogP contribution in [-0.2, 0) is 9.59 Å². The summed E-state index contributed by atoms with van der Waals surface area (Å²) in [5.74, 6) is 1.36. The first-order valence-corrected chi connectivity index (χ1v) is 9.63. The number of hydrogen-bond acceptors (Lipinski definition) is 2. The fourth-order valence-corrected chi connectivity index (χ4v) is 3.65. The maximum absolute atomic E-state index is 11.8. The Morgan fingerprint density at radius 3 is 1.42 bits per heavy atom. The van der Waals surface area contributed by atoms with Gasteiger partial charge >= 0.3 is 0 Å². The Bertz CT molecular complexity index is 468. The molecule has 3 rings (SSSR count). The van der Waals surface area contributed by atoms with Gasteiger partial charge in [-0.25, -0.2) is 0 Å². The van der Waals surface area contributed by atoms with Crippen LogP contribution < -0.4 is 10.6 Å². The number of nitrogens with one attached hydrogen (secondary N) is 2. The van der Waals surface area contributed by atoms with Crippen LogP contribution in [0.3, 0.4) is 0 Å². The van der Waals surface area contributed by atoms with Crippen LogP contribution >= 0.6 is 0 Å². The van der Waals surface area contributed by atoms with Gasteiger partial charge in [0.25, 0.3) is 0 Å². The average molecular weight is 330 g/mol. The zero-order valence-electron chi connectivity index (χ0n) is 14.6. The SMILES string of the molecule is O=C(C=C1CCC1)NCC1CCC(CNC(=O)C=C2CCC2)CC1. The summed E-state index contributed by atoms with van der Waals surface area (Å²) in [6.45, 7) is 1.60. The highest BCUT2D eigenvalue weighted by molar-refractivity contribution is 5.88. The van der Waals surface area contributed by atoms with Gasteiger partial charge in [-0.2, -0.15) is 0 Å². The molecule has 0 radical (unpaired) electrons. The normalized spacial score (nSPS) is 26.0. The summed E-state index contributed by atoms with van der Waals surface area (Å²) >= 11 is 0. The van der Waals surface area contributed by atoms with E-state index in [2.05, 4.69) is 10.6 Å². The molecule has 3 aliphatic rings. The molecule has 132 valence electrons. The highest BCUT2D eigenvalue weighted by Crippen LogP contribution is 2.28. The molecule has 24 heavy (non-hydrogen) atoms. The molecule has 2 N–H and O–H groups in total. The van der Waals surface area contributed by atoms with Gasteiger partial charge in [-0.3, -0.25) is 9.59 Å². The smallest absolute Gasteiger partial charge is 0.243 e. The van der Waals surface area contributed by atoms with Gasteiger partial charge in [0.2, 0.25) is 11.8 Å². The van der Waals surface area contributed by atoms with Crippen molar-refractivity contribution in [2.24, 2.45) is 11.8 Å². The molecule has 0 heterocycles. The molecule has 3 saturated carbocycles. The van der Waals surface area contributed by atoms with Crippen LogP contribution in [0.1, 0.15) is 64.2 Å². The summed E-state index contributed by atoms with van der Waals surface area (Å²) in [5, 5.41) is 6.12. The van der Waals surface area contributed by atoms with Crippen molar-refractivity contribution in [3.8, 4) is 0 Å². The number of allylic oxidation sites excluding steroid dienone is 2. The van der Waals surface area contributed by atoms with Crippen LogP contribution in [0.25, 0.3) is 0 Å². The van der Waals surface area contributed by atoms with Crippen molar-refractivity contribution in [3.05, 3.63) is 23.3 Å². The van der Waals surface area contributed by atoms with Crippen LogP contribution in [0.5, 0.6) is 0 Å². The topological polar surface area (TPSA) is 58.2 Å². The van der Waals surface area contributed by atoms with Gasteiger partial charge < -0.3 is 10.6 Å². The lowest BCUT2D eigenvalue weighted by Gasteiger charge is -2.28. The molecule has 0 aromatic rings. The highest BCUT2D eigenvalue weighted by Gasteiger charge is 2.22. The minimum absolute atomic E-state index is 0.0862. The van der Waals surface area contributed by atoms with Crippen molar-refractivity contribution < 1.29 is 9.59 Å². The van der Waals surface area contributed by atoms with E-state index in [4.69, 9.17) is 0 Å². The quantitative estimate of drug-likeness (QED) is 0.735. The van der Waals surface area contributed by atoms with E-state index in [1.807, 2.05) is 0 Å². The van der Waals surface area contributed by atoms with E-state index in [1.165, 1.54) is 24.0 Å². The Morgan fingerprint density at radius 2 is 1.12 bits per heavy atom. The second-order valence-corrected chi connectivity index (χ2v) is 7.69. The lowest BCUT2D eigenvalue weighted by Crippen LogP contribution is -2.34. The summed E-state index contributed by atoms with van der Waals surface area (Å²) in [7, 11) is 0. The molecule has 0 spiro atoms. The fraction of sp³-hybridized carbons (Fsp3) is 0.700. The molecule has 0 unspecified atom stereocenters.